The summed E-state index contributed by atoms with van der Waals surface area (Å²) in [5.74, 6) is 0. The number of nitrogen functional groups attached to an aromatic ring is 1. The van der Waals surface area contributed by atoms with Crippen LogP contribution in [0.3, 0.4) is 0 Å². The Kier molecular flexibility index (Phi) is 2.33. The Morgan fingerprint density at radius 2 is 2.00 bits per heavy atom. The summed E-state index contributed by atoms with van der Waals surface area (Å²) in [6.45, 7) is 0. The van der Waals surface area contributed by atoms with Gasteiger partial charge in [-0.15, -0.1) is 0 Å². The molecule has 0 spiro atoms. The lowest BCUT2D eigenvalue weighted by Crippen LogP contribution is -1.90. The molecule has 0 amide bonds. The van der Waals surface area contributed by atoms with Gasteiger partial charge in [-0.1, -0.05) is 11.6 Å². The molecule has 0 atom stereocenters. The minimum Gasteiger partial charge on any atom is -0.398 e. The first-order valence-electron chi connectivity index (χ1n) is 4.09. The van der Waals surface area contributed by atoms with E-state index >= 15 is 0 Å². The smallest absolute Gasteiger partial charge is 0.129 e. The van der Waals surface area contributed by atoms with E-state index in [1.807, 2.05) is 6.07 Å². The zero-order valence-corrected chi connectivity index (χ0v) is 8.07. The molecule has 0 saturated heterocycles. The normalized spacial score (nSPS) is 10.1. The van der Waals surface area contributed by atoms with Gasteiger partial charge in [-0.25, -0.2) is 4.98 Å². The Morgan fingerprint density at radius 1 is 1.14 bits per heavy atom. The molecule has 2 aromatic rings. The Hall–Kier alpha value is -1.61. The molecule has 0 unspecified atom stereocenters. The van der Waals surface area contributed by atoms with Crippen LogP contribution in [-0.2, 0) is 0 Å². The fourth-order valence-corrected chi connectivity index (χ4v) is 1.29. The van der Waals surface area contributed by atoms with Crippen molar-refractivity contribution in [1.82, 2.24) is 9.97 Å². The average molecular weight is 206 g/mol. The maximum atomic E-state index is 5.79. The molecule has 4 heteroatoms. The van der Waals surface area contributed by atoms with Crippen molar-refractivity contribution in [1.29, 1.82) is 0 Å². The van der Waals surface area contributed by atoms with Gasteiger partial charge in [0.05, 0.1) is 0 Å². The average Bonchev–Trinajstić information content (AvgIpc) is 2.20. The van der Waals surface area contributed by atoms with E-state index in [4.69, 9.17) is 17.3 Å². The van der Waals surface area contributed by atoms with E-state index in [1.165, 1.54) is 0 Å². The van der Waals surface area contributed by atoms with Crippen LogP contribution >= 0.6 is 11.6 Å². The number of rotatable bonds is 1. The Balaban J connectivity index is 2.50. The monoisotopic (exact) mass is 205 g/mol. The SMILES string of the molecule is Nc1ccncc1-c1ccc(Cl)nc1. The summed E-state index contributed by atoms with van der Waals surface area (Å²) in [6, 6.07) is 5.34. The first-order chi connectivity index (χ1) is 6.77. The van der Waals surface area contributed by atoms with Gasteiger partial charge in [-0.05, 0) is 18.2 Å². The predicted octanol–water partition coefficient (Wildman–Crippen LogP) is 2.38. The Labute approximate surface area is 86.6 Å². The van der Waals surface area contributed by atoms with Gasteiger partial charge in [-0.3, -0.25) is 4.98 Å². The van der Waals surface area contributed by atoms with Gasteiger partial charge >= 0.3 is 0 Å². The lowest BCUT2D eigenvalue weighted by atomic mass is 10.1. The van der Waals surface area contributed by atoms with Crippen LogP contribution in [0.2, 0.25) is 5.15 Å². The second-order valence-electron chi connectivity index (χ2n) is 2.83. The van der Waals surface area contributed by atoms with E-state index < -0.39 is 0 Å². The molecule has 0 saturated carbocycles. The molecule has 0 bridgehead atoms. The third-order valence-corrected chi connectivity index (χ3v) is 2.12. The quantitative estimate of drug-likeness (QED) is 0.728. The molecule has 3 nitrogen and oxygen atoms in total. The molecule has 0 aromatic carbocycles. The van der Waals surface area contributed by atoms with Crippen LogP contribution in [0.25, 0.3) is 11.1 Å². The summed E-state index contributed by atoms with van der Waals surface area (Å²) in [5, 5.41) is 0.469. The topological polar surface area (TPSA) is 51.8 Å². The summed E-state index contributed by atoms with van der Waals surface area (Å²) < 4.78 is 0. The first-order valence-corrected chi connectivity index (χ1v) is 4.46. The van der Waals surface area contributed by atoms with E-state index in [-0.39, 0.29) is 0 Å². The van der Waals surface area contributed by atoms with Crippen molar-refractivity contribution in [2.75, 3.05) is 5.73 Å². The number of hydrogen-bond donors (Lipinski definition) is 1. The van der Waals surface area contributed by atoms with Gasteiger partial charge in [0.1, 0.15) is 5.15 Å². The Bertz CT molecular complexity index is 439. The maximum Gasteiger partial charge on any atom is 0.129 e. The van der Waals surface area contributed by atoms with Crippen molar-refractivity contribution >= 4 is 17.3 Å². The molecule has 0 radical (unpaired) electrons. The van der Waals surface area contributed by atoms with Gasteiger partial charge in [0, 0.05) is 35.4 Å². The standard InChI is InChI=1S/C10H8ClN3/c11-10-2-1-7(5-14-10)8-6-13-4-3-9(8)12/h1-6H,(H2,12,13). The zero-order chi connectivity index (χ0) is 9.97. The summed E-state index contributed by atoms with van der Waals surface area (Å²) in [5.41, 5.74) is 8.26. The number of aromatic nitrogens is 2. The second kappa shape index (κ2) is 3.64. The van der Waals surface area contributed by atoms with Crippen LogP contribution < -0.4 is 5.73 Å². The number of halogens is 1. The van der Waals surface area contributed by atoms with E-state index in [9.17, 15) is 0 Å². The van der Waals surface area contributed by atoms with Gasteiger partial charge < -0.3 is 5.73 Å². The molecule has 70 valence electrons. The van der Waals surface area contributed by atoms with Crippen molar-refractivity contribution in [3.05, 3.63) is 41.9 Å². The van der Waals surface area contributed by atoms with E-state index in [0.29, 0.717) is 10.8 Å². The molecule has 14 heavy (non-hydrogen) atoms. The molecule has 0 aliphatic heterocycles. The highest BCUT2D eigenvalue weighted by molar-refractivity contribution is 6.29. The van der Waals surface area contributed by atoms with Crippen LogP contribution in [-0.4, -0.2) is 9.97 Å². The van der Waals surface area contributed by atoms with Gasteiger partial charge in [0.25, 0.3) is 0 Å². The lowest BCUT2D eigenvalue weighted by Gasteiger charge is -2.03. The minimum atomic E-state index is 0.469. The Morgan fingerprint density at radius 3 is 2.64 bits per heavy atom. The fourth-order valence-electron chi connectivity index (χ4n) is 1.18. The van der Waals surface area contributed by atoms with Crippen molar-refractivity contribution < 1.29 is 0 Å². The number of pyridine rings is 2. The molecule has 0 aliphatic carbocycles. The minimum absolute atomic E-state index is 0.469. The largest absolute Gasteiger partial charge is 0.398 e. The van der Waals surface area contributed by atoms with Crippen molar-refractivity contribution in [3.63, 3.8) is 0 Å². The number of nitrogens with zero attached hydrogens (tertiary/aromatic N) is 2. The number of anilines is 1. The second-order valence-corrected chi connectivity index (χ2v) is 3.22. The van der Waals surface area contributed by atoms with Gasteiger partial charge in [0.2, 0.25) is 0 Å². The lowest BCUT2D eigenvalue weighted by molar-refractivity contribution is 1.30. The summed E-state index contributed by atoms with van der Waals surface area (Å²) >= 11 is 5.68. The number of nitrogens with two attached hydrogens (primary N) is 1. The first kappa shape index (κ1) is 8.97. The van der Waals surface area contributed by atoms with Crippen LogP contribution in [0.4, 0.5) is 5.69 Å². The molecule has 2 rings (SSSR count). The molecule has 2 aromatic heterocycles. The van der Waals surface area contributed by atoms with Crippen LogP contribution in [0.15, 0.2) is 36.8 Å². The molecule has 2 heterocycles. The highest BCUT2D eigenvalue weighted by Gasteiger charge is 2.01. The van der Waals surface area contributed by atoms with E-state index in [1.54, 1.807) is 30.7 Å². The molecule has 2 N–H and O–H groups in total. The van der Waals surface area contributed by atoms with Crippen LogP contribution in [0.5, 0.6) is 0 Å². The number of hydrogen-bond acceptors (Lipinski definition) is 3. The highest BCUT2D eigenvalue weighted by Crippen LogP contribution is 2.24. The summed E-state index contributed by atoms with van der Waals surface area (Å²) in [6.07, 6.45) is 5.04. The fraction of sp³-hybridized carbons (Fsp3) is 0. The van der Waals surface area contributed by atoms with Gasteiger partial charge in [0.15, 0.2) is 0 Å². The van der Waals surface area contributed by atoms with E-state index in [2.05, 4.69) is 9.97 Å². The maximum absolute atomic E-state index is 5.79. The van der Waals surface area contributed by atoms with Crippen LogP contribution in [0.1, 0.15) is 0 Å². The third kappa shape index (κ3) is 1.67. The summed E-state index contributed by atoms with van der Waals surface area (Å²) in [4.78, 5) is 7.98. The van der Waals surface area contributed by atoms with Crippen molar-refractivity contribution in [2.45, 2.75) is 0 Å². The highest BCUT2D eigenvalue weighted by atomic mass is 35.5. The summed E-state index contributed by atoms with van der Waals surface area (Å²) in [7, 11) is 0. The van der Waals surface area contributed by atoms with Gasteiger partial charge in [-0.2, -0.15) is 0 Å². The molecular formula is C10H8ClN3. The van der Waals surface area contributed by atoms with Crippen molar-refractivity contribution in [3.8, 4) is 11.1 Å². The molecule has 0 aliphatic rings. The molecular weight excluding hydrogens is 198 g/mol. The predicted molar refractivity (Wildman–Crippen MR) is 56.9 cm³/mol. The zero-order valence-electron chi connectivity index (χ0n) is 7.31. The molecule has 0 fully saturated rings. The third-order valence-electron chi connectivity index (χ3n) is 1.89. The van der Waals surface area contributed by atoms with Crippen LogP contribution in [0, 0.1) is 0 Å². The van der Waals surface area contributed by atoms with Crippen molar-refractivity contribution in [2.24, 2.45) is 0 Å². The van der Waals surface area contributed by atoms with E-state index in [0.717, 1.165) is 11.1 Å².